The Morgan fingerprint density at radius 3 is 2.83 bits per heavy atom. The van der Waals surface area contributed by atoms with Gasteiger partial charge in [-0.05, 0) is 19.4 Å². The minimum Gasteiger partial charge on any atom is -0.494 e. The quantitative estimate of drug-likeness (QED) is 0.779. The van der Waals surface area contributed by atoms with E-state index in [4.69, 9.17) is 4.74 Å². The Bertz CT molecular complexity index is 535. The zero-order valence-electron chi connectivity index (χ0n) is 10.0. The number of carbonyl (C=O) groups excluding carboxylic acids is 2. The summed E-state index contributed by atoms with van der Waals surface area (Å²) in [6, 6.07) is 2.35. The van der Waals surface area contributed by atoms with E-state index in [0.717, 1.165) is 0 Å². The molecule has 1 aromatic heterocycles. The van der Waals surface area contributed by atoms with Crippen LogP contribution in [0.25, 0.3) is 0 Å². The number of nitrogens with zero attached hydrogens (tertiary/aromatic N) is 1. The summed E-state index contributed by atoms with van der Waals surface area (Å²) in [5.74, 6) is -0.251. The zero-order chi connectivity index (χ0) is 13.1. The van der Waals surface area contributed by atoms with E-state index < -0.39 is 11.9 Å². The number of nitrogens with one attached hydrogen (secondary N) is 1. The summed E-state index contributed by atoms with van der Waals surface area (Å²) >= 11 is 0. The van der Waals surface area contributed by atoms with Crippen LogP contribution in [0.5, 0.6) is 5.75 Å². The highest BCUT2D eigenvalue weighted by Crippen LogP contribution is 2.17. The van der Waals surface area contributed by atoms with E-state index in [2.05, 4.69) is 5.32 Å². The van der Waals surface area contributed by atoms with Gasteiger partial charge in [0.2, 0.25) is 11.8 Å². The first kappa shape index (κ1) is 12.3. The monoisotopic (exact) mass is 250 g/mol. The standard InChI is InChI=1S/C12H14N2O4/c1-2-18-8-5-6-14(11(16)7-8)9-3-4-10(15)13-12(9)17/h5-7,9H,2-4H2,1H3,(H,13,15,17). The lowest BCUT2D eigenvalue weighted by Crippen LogP contribution is -2.44. The Morgan fingerprint density at radius 2 is 2.22 bits per heavy atom. The largest absolute Gasteiger partial charge is 0.494 e. The lowest BCUT2D eigenvalue weighted by Gasteiger charge is -2.22. The molecule has 1 aliphatic rings. The van der Waals surface area contributed by atoms with Crippen LogP contribution >= 0.6 is 0 Å². The zero-order valence-corrected chi connectivity index (χ0v) is 10.0. The predicted octanol–water partition coefficient (Wildman–Crippen LogP) is 0.225. The van der Waals surface area contributed by atoms with Crippen LogP contribution in [0.15, 0.2) is 23.1 Å². The van der Waals surface area contributed by atoms with Crippen molar-refractivity contribution >= 4 is 11.8 Å². The molecule has 0 bridgehead atoms. The molecule has 1 saturated heterocycles. The van der Waals surface area contributed by atoms with Crippen molar-refractivity contribution in [1.82, 2.24) is 9.88 Å². The number of rotatable bonds is 3. The molecule has 1 aliphatic heterocycles. The van der Waals surface area contributed by atoms with Gasteiger partial charge in [0.25, 0.3) is 5.56 Å². The highest BCUT2D eigenvalue weighted by atomic mass is 16.5. The molecule has 1 aromatic rings. The van der Waals surface area contributed by atoms with Crippen LogP contribution in [-0.4, -0.2) is 23.0 Å². The number of hydrogen-bond donors (Lipinski definition) is 1. The molecule has 0 saturated carbocycles. The molecular weight excluding hydrogens is 236 g/mol. The van der Waals surface area contributed by atoms with Crippen molar-refractivity contribution in [2.24, 2.45) is 0 Å². The molecule has 6 nitrogen and oxygen atoms in total. The van der Waals surface area contributed by atoms with Crippen LogP contribution in [0, 0.1) is 0 Å². The second-order valence-electron chi connectivity index (χ2n) is 4.01. The first-order valence-corrected chi connectivity index (χ1v) is 5.80. The lowest BCUT2D eigenvalue weighted by atomic mass is 10.1. The van der Waals surface area contributed by atoms with Crippen LogP contribution in [-0.2, 0) is 9.59 Å². The molecule has 0 spiro atoms. The number of carbonyl (C=O) groups is 2. The first-order chi connectivity index (χ1) is 8.61. The van der Waals surface area contributed by atoms with Crippen LogP contribution in [0.1, 0.15) is 25.8 Å². The van der Waals surface area contributed by atoms with Gasteiger partial charge in [0.15, 0.2) is 0 Å². The second kappa shape index (κ2) is 5.03. The van der Waals surface area contributed by atoms with Gasteiger partial charge >= 0.3 is 0 Å². The number of ether oxygens (including phenoxy) is 1. The molecule has 2 rings (SSSR count). The molecule has 0 aromatic carbocycles. The van der Waals surface area contributed by atoms with Crippen molar-refractivity contribution in [3.63, 3.8) is 0 Å². The fraction of sp³-hybridized carbons (Fsp3) is 0.417. The van der Waals surface area contributed by atoms with Gasteiger partial charge in [-0.2, -0.15) is 0 Å². The van der Waals surface area contributed by atoms with Gasteiger partial charge in [-0.1, -0.05) is 0 Å². The van der Waals surface area contributed by atoms with Crippen LogP contribution in [0.4, 0.5) is 0 Å². The van der Waals surface area contributed by atoms with E-state index in [1.165, 1.54) is 16.8 Å². The highest BCUT2D eigenvalue weighted by Gasteiger charge is 2.28. The van der Waals surface area contributed by atoms with Crippen LogP contribution in [0.3, 0.4) is 0 Å². The molecule has 18 heavy (non-hydrogen) atoms. The number of hydrogen-bond acceptors (Lipinski definition) is 4. The van der Waals surface area contributed by atoms with Crippen molar-refractivity contribution in [3.8, 4) is 5.75 Å². The Morgan fingerprint density at radius 1 is 1.44 bits per heavy atom. The predicted molar refractivity (Wildman–Crippen MR) is 63.3 cm³/mol. The minimum absolute atomic E-state index is 0.246. The number of aromatic nitrogens is 1. The van der Waals surface area contributed by atoms with Crippen molar-refractivity contribution in [2.45, 2.75) is 25.8 Å². The van der Waals surface area contributed by atoms with E-state index in [-0.39, 0.29) is 17.9 Å². The maximum atomic E-state index is 11.9. The molecule has 96 valence electrons. The maximum Gasteiger partial charge on any atom is 0.254 e. The molecule has 1 fully saturated rings. The molecule has 2 amide bonds. The number of piperidine rings is 1. The smallest absolute Gasteiger partial charge is 0.254 e. The molecule has 1 N–H and O–H groups in total. The first-order valence-electron chi connectivity index (χ1n) is 5.80. The van der Waals surface area contributed by atoms with E-state index >= 15 is 0 Å². The molecular formula is C12H14N2O4. The van der Waals surface area contributed by atoms with Crippen molar-refractivity contribution in [2.75, 3.05) is 6.61 Å². The molecule has 1 atom stereocenters. The third-order valence-electron chi connectivity index (χ3n) is 2.78. The fourth-order valence-electron chi connectivity index (χ4n) is 1.93. The molecule has 2 heterocycles. The van der Waals surface area contributed by atoms with Gasteiger partial charge in [0, 0.05) is 18.7 Å². The lowest BCUT2D eigenvalue weighted by molar-refractivity contribution is -0.135. The maximum absolute atomic E-state index is 11.9. The van der Waals surface area contributed by atoms with Gasteiger partial charge < -0.3 is 9.30 Å². The normalized spacial score (nSPS) is 19.5. The van der Waals surface area contributed by atoms with Crippen LogP contribution in [0.2, 0.25) is 0 Å². The number of imide groups is 1. The average molecular weight is 250 g/mol. The van der Waals surface area contributed by atoms with Crippen molar-refractivity contribution < 1.29 is 14.3 Å². The summed E-state index contributed by atoms with van der Waals surface area (Å²) in [5, 5.41) is 2.23. The summed E-state index contributed by atoms with van der Waals surface area (Å²) in [7, 11) is 0. The summed E-state index contributed by atoms with van der Waals surface area (Å²) in [5.41, 5.74) is -0.310. The average Bonchev–Trinajstić information content (AvgIpc) is 2.31. The third kappa shape index (κ3) is 2.42. The SMILES string of the molecule is CCOc1ccn(C2CCC(=O)NC2=O)c(=O)c1. The minimum atomic E-state index is -0.620. The van der Waals surface area contributed by atoms with E-state index in [0.29, 0.717) is 18.8 Å². The Labute approximate surface area is 104 Å². The molecule has 6 heteroatoms. The van der Waals surface area contributed by atoms with Crippen LogP contribution < -0.4 is 15.6 Å². The van der Waals surface area contributed by atoms with Gasteiger partial charge in [0.05, 0.1) is 6.61 Å². The molecule has 0 radical (unpaired) electrons. The summed E-state index contributed by atoms with van der Waals surface area (Å²) in [6.07, 6.45) is 2.11. The van der Waals surface area contributed by atoms with E-state index in [9.17, 15) is 14.4 Å². The second-order valence-corrected chi connectivity index (χ2v) is 4.01. The summed E-state index contributed by atoms with van der Waals surface area (Å²) in [6.45, 7) is 2.30. The highest BCUT2D eigenvalue weighted by molar-refractivity contribution is 5.99. The Hall–Kier alpha value is -2.11. The van der Waals surface area contributed by atoms with E-state index in [1.54, 1.807) is 6.07 Å². The van der Waals surface area contributed by atoms with E-state index in [1.807, 2.05) is 6.92 Å². The van der Waals surface area contributed by atoms with Gasteiger partial charge in [-0.25, -0.2) is 0 Å². The van der Waals surface area contributed by atoms with Crippen molar-refractivity contribution in [1.29, 1.82) is 0 Å². The van der Waals surface area contributed by atoms with Gasteiger partial charge in [-0.15, -0.1) is 0 Å². The Balaban J connectivity index is 2.26. The summed E-state index contributed by atoms with van der Waals surface area (Å²) in [4.78, 5) is 34.5. The third-order valence-corrected chi connectivity index (χ3v) is 2.78. The topological polar surface area (TPSA) is 77.4 Å². The number of amides is 2. The van der Waals surface area contributed by atoms with Crippen molar-refractivity contribution in [3.05, 3.63) is 28.7 Å². The summed E-state index contributed by atoms with van der Waals surface area (Å²) < 4.78 is 6.53. The molecule has 0 aliphatic carbocycles. The fourth-order valence-corrected chi connectivity index (χ4v) is 1.93. The molecule has 1 unspecified atom stereocenters. The van der Waals surface area contributed by atoms with Gasteiger partial charge in [-0.3, -0.25) is 19.7 Å². The Kier molecular flexibility index (Phi) is 3.45. The van der Waals surface area contributed by atoms with Gasteiger partial charge in [0.1, 0.15) is 11.8 Å². The number of pyridine rings is 1.